The van der Waals surface area contributed by atoms with Crippen LogP contribution in [0.4, 0.5) is 0 Å². The van der Waals surface area contributed by atoms with Crippen molar-refractivity contribution in [2.24, 2.45) is 0 Å². The Labute approximate surface area is 49.0 Å². The average molecular weight is 133 g/mol. The Morgan fingerprint density at radius 2 is 1.50 bits per heavy atom. The molecule has 0 aliphatic rings. The maximum Gasteiger partial charge on any atom is 0.0437 e. The number of hydrogen-bond donors (Lipinski definition) is 0. The van der Waals surface area contributed by atoms with E-state index in [2.05, 4.69) is 0 Å². The van der Waals surface area contributed by atoms with Crippen LogP contribution in [-0.4, -0.2) is 13.2 Å². The molecule has 0 spiro atoms. The van der Waals surface area contributed by atoms with Gasteiger partial charge in [-0.15, -0.1) is 0 Å². The van der Waals surface area contributed by atoms with Gasteiger partial charge in [-0.05, 0) is 13.8 Å². The van der Waals surface area contributed by atoms with E-state index in [1.54, 1.807) is 0 Å². The second-order valence-corrected chi connectivity index (χ2v) is 0.781. The molecular weight excluding hydrogens is 123 g/mol. The topological polar surface area (TPSA) is 9.23 Å². The smallest absolute Gasteiger partial charge is 0.0437 e. The summed E-state index contributed by atoms with van der Waals surface area (Å²) in [4.78, 5) is 0. The molecule has 1 nitrogen and oxygen atoms in total. The van der Waals surface area contributed by atoms with Crippen molar-refractivity contribution in [1.29, 1.82) is 0 Å². The molecule has 42 valence electrons. The predicted molar refractivity (Wildman–Crippen MR) is 22.2 cm³/mol. The van der Waals surface area contributed by atoms with Crippen molar-refractivity contribution in [3.63, 3.8) is 0 Å². The van der Waals surface area contributed by atoms with Crippen molar-refractivity contribution >= 4 is 0 Å². The van der Waals surface area contributed by atoms with Gasteiger partial charge in [0.1, 0.15) is 0 Å². The van der Waals surface area contributed by atoms with E-state index in [9.17, 15) is 0 Å². The summed E-state index contributed by atoms with van der Waals surface area (Å²) in [5.74, 6) is 0. The van der Waals surface area contributed by atoms with E-state index < -0.39 is 0 Å². The van der Waals surface area contributed by atoms with Gasteiger partial charge in [0.2, 0.25) is 0 Å². The van der Waals surface area contributed by atoms with E-state index in [4.69, 9.17) is 4.74 Å². The molecule has 6 heavy (non-hydrogen) atoms. The first kappa shape index (κ1) is 9.68. The normalized spacial score (nSPS) is 7.00. The zero-order valence-electron chi connectivity index (χ0n) is 4.14. The van der Waals surface area contributed by atoms with Crippen LogP contribution in [0.15, 0.2) is 0 Å². The Morgan fingerprint density at radius 1 is 1.17 bits per heavy atom. The minimum absolute atomic E-state index is 0. The van der Waals surface area contributed by atoms with Crippen molar-refractivity contribution < 1.29 is 21.2 Å². The third-order valence-electron chi connectivity index (χ3n) is 0.408. The molecule has 0 aliphatic heterocycles. The fourth-order valence-corrected chi connectivity index (χ4v) is 0.204. The molecule has 0 unspecified atom stereocenters. The minimum atomic E-state index is 0. The van der Waals surface area contributed by atoms with Crippen LogP contribution in [0.2, 0.25) is 0 Å². The average Bonchev–Trinajstić information content (AvgIpc) is 1.41. The summed E-state index contributed by atoms with van der Waals surface area (Å²) in [6.07, 6.45) is 0. The molecule has 2 heteroatoms. The van der Waals surface area contributed by atoms with Gasteiger partial charge in [-0.2, -0.15) is 0 Å². The summed E-state index contributed by atoms with van der Waals surface area (Å²) in [5, 5.41) is 0. The number of rotatable bonds is 2. The molecule has 0 aromatic carbocycles. The summed E-state index contributed by atoms with van der Waals surface area (Å²) >= 11 is 0. The first-order valence-corrected chi connectivity index (χ1v) is 1.99. The molecule has 0 rings (SSSR count). The molecule has 0 N–H and O–H groups in total. The van der Waals surface area contributed by atoms with Gasteiger partial charge in [-0.3, -0.25) is 0 Å². The van der Waals surface area contributed by atoms with Crippen molar-refractivity contribution in [1.82, 2.24) is 0 Å². The fraction of sp³-hybridized carbons (Fsp3) is 1.00. The van der Waals surface area contributed by atoms with Crippen LogP contribution in [0, 0.1) is 0 Å². The number of ether oxygens (including phenoxy) is 1. The van der Waals surface area contributed by atoms with Crippen LogP contribution >= 0.6 is 0 Å². The molecular formula is C4H10NiO. The van der Waals surface area contributed by atoms with E-state index in [0.29, 0.717) is 0 Å². The molecule has 0 fully saturated rings. The van der Waals surface area contributed by atoms with Gasteiger partial charge in [-0.1, -0.05) is 0 Å². The number of hydrogen-bond acceptors (Lipinski definition) is 1. The minimum Gasteiger partial charge on any atom is -0.382 e. The summed E-state index contributed by atoms with van der Waals surface area (Å²) in [6, 6.07) is 0. The molecule has 0 amide bonds. The van der Waals surface area contributed by atoms with Crippen molar-refractivity contribution in [2.45, 2.75) is 13.8 Å². The van der Waals surface area contributed by atoms with Crippen molar-refractivity contribution in [3.05, 3.63) is 0 Å². The maximum atomic E-state index is 4.83. The van der Waals surface area contributed by atoms with E-state index in [0.717, 1.165) is 13.2 Å². The molecule has 0 aromatic heterocycles. The zero-order valence-corrected chi connectivity index (χ0v) is 5.13. The van der Waals surface area contributed by atoms with Gasteiger partial charge in [0, 0.05) is 29.7 Å². The monoisotopic (exact) mass is 132 g/mol. The van der Waals surface area contributed by atoms with Crippen LogP contribution in [0.25, 0.3) is 0 Å². The fourth-order valence-electron chi connectivity index (χ4n) is 0.204. The van der Waals surface area contributed by atoms with Crippen LogP contribution in [0.5, 0.6) is 0 Å². The van der Waals surface area contributed by atoms with E-state index in [-0.39, 0.29) is 16.5 Å². The molecule has 0 aromatic rings. The maximum absolute atomic E-state index is 4.83. The second kappa shape index (κ2) is 9.07. The quantitative estimate of drug-likeness (QED) is 0.511. The second-order valence-electron chi connectivity index (χ2n) is 0.781. The standard InChI is InChI=1S/C4H10O.Ni/c1-3-5-4-2;/h3-4H2,1-2H3;. The molecule has 0 saturated heterocycles. The van der Waals surface area contributed by atoms with Crippen molar-refractivity contribution in [2.75, 3.05) is 13.2 Å². The van der Waals surface area contributed by atoms with Crippen molar-refractivity contribution in [3.8, 4) is 0 Å². The molecule has 0 aliphatic carbocycles. The summed E-state index contributed by atoms with van der Waals surface area (Å²) in [5.41, 5.74) is 0. The predicted octanol–water partition coefficient (Wildman–Crippen LogP) is 1.04. The van der Waals surface area contributed by atoms with E-state index in [1.807, 2.05) is 13.8 Å². The third-order valence-corrected chi connectivity index (χ3v) is 0.408. The van der Waals surface area contributed by atoms with Gasteiger partial charge in [-0.25, -0.2) is 0 Å². The Morgan fingerprint density at radius 3 is 1.50 bits per heavy atom. The van der Waals surface area contributed by atoms with E-state index in [1.165, 1.54) is 0 Å². The third kappa shape index (κ3) is 8.82. The van der Waals surface area contributed by atoms with Gasteiger partial charge in [0.25, 0.3) is 0 Å². The zero-order chi connectivity index (χ0) is 4.12. The first-order chi connectivity index (χ1) is 2.41. The Hall–Kier alpha value is 0.454. The first-order valence-electron chi connectivity index (χ1n) is 1.99. The van der Waals surface area contributed by atoms with Gasteiger partial charge < -0.3 is 4.74 Å². The van der Waals surface area contributed by atoms with Crippen LogP contribution in [0.3, 0.4) is 0 Å². The van der Waals surface area contributed by atoms with Crippen LogP contribution in [0.1, 0.15) is 13.8 Å². The summed E-state index contributed by atoms with van der Waals surface area (Å²) in [7, 11) is 0. The molecule has 0 radical (unpaired) electrons. The Bertz CT molecular complexity index is 15.0. The largest absolute Gasteiger partial charge is 0.382 e. The van der Waals surface area contributed by atoms with Gasteiger partial charge >= 0.3 is 0 Å². The Kier molecular flexibility index (Phi) is 14.6. The SMILES string of the molecule is CCOCC.[Ni]. The van der Waals surface area contributed by atoms with E-state index >= 15 is 0 Å². The van der Waals surface area contributed by atoms with Gasteiger partial charge in [0.05, 0.1) is 0 Å². The molecule has 0 bridgehead atoms. The van der Waals surface area contributed by atoms with Crippen LogP contribution in [-0.2, 0) is 21.2 Å². The van der Waals surface area contributed by atoms with Gasteiger partial charge in [0.15, 0.2) is 0 Å². The van der Waals surface area contributed by atoms with Crippen LogP contribution < -0.4 is 0 Å². The molecule has 0 saturated carbocycles. The summed E-state index contributed by atoms with van der Waals surface area (Å²) in [6.45, 7) is 5.67. The summed E-state index contributed by atoms with van der Waals surface area (Å²) < 4.78 is 4.83. The molecule has 0 heterocycles. The Balaban J connectivity index is 0. The molecule has 0 atom stereocenters.